The molecule has 1 aromatic carbocycles. The maximum atomic E-state index is 12.1. The number of ether oxygens (including phenoxy) is 1. The van der Waals surface area contributed by atoms with Crippen LogP contribution in [0.25, 0.3) is 0 Å². The van der Waals surface area contributed by atoms with Crippen molar-refractivity contribution in [2.45, 2.75) is 25.8 Å². The predicted molar refractivity (Wildman–Crippen MR) is 91.0 cm³/mol. The molecule has 23 heavy (non-hydrogen) atoms. The number of benzene rings is 1. The Labute approximate surface area is 136 Å². The number of guanidine groups is 1. The molecule has 1 aliphatic heterocycles. The number of hydrogen-bond donors (Lipinski definition) is 2. The largest absolute Gasteiger partial charge is 0.482 e. The number of nitrogens with one attached hydrogen (secondary N) is 2. The van der Waals surface area contributed by atoms with Gasteiger partial charge in [0.15, 0.2) is 12.6 Å². The quantitative estimate of drug-likeness (QED) is 0.489. The van der Waals surface area contributed by atoms with E-state index in [4.69, 9.17) is 4.74 Å². The lowest BCUT2D eigenvalue weighted by atomic mass is 10.2. The summed E-state index contributed by atoms with van der Waals surface area (Å²) in [7, 11) is 1.78. The first-order valence-electron chi connectivity index (χ1n) is 8.18. The van der Waals surface area contributed by atoms with Crippen LogP contribution < -0.4 is 20.3 Å². The molecule has 1 aromatic rings. The molecule has 2 aliphatic rings. The van der Waals surface area contributed by atoms with Crippen molar-refractivity contribution in [2.24, 2.45) is 10.9 Å². The number of para-hydroxylation sites is 2. The van der Waals surface area contributed by atoms with Gasteiger partial charge in [0.25, 0.3) is 5.91 Å². The SMILES string of the molecule is CN=C(NCCCN1C(=O)COc2ccccc21)NC1CC1C. The molecule has 2 unspecified atom stereocenters. The van der Waals surface area contributed by atoms with E-state index in [9.17, 15) is 4.79 Å². The lowest BCUT2D eigenvalue weighted by Gasteiger charge is -2.29. The highest BCUT2D eigenvalue weighted by Crippen LogP contribution is 2.31. The molecule has 1 fully saturated rings. The zero-order valence-corrected chi connectivity index (χ0v) is 13.7. The number of nitrogens with zero attached hydrogens (tertiary/aromatic N) is 2. The van der Waals surface area contributed by atoms with Crippen molar-refractivity contribution in [3.05, 3.63) is 24.3 Å². The predicted octanol–water partition coefficient (Wildman–Crippen LogP) is 1.38. The van der Waals surface area contributed by atoms with Gasteiger partial charge in [-0.05, 0) is 30.9 Å². The van der Waals surface area contributed by atoms with Crippen LogP contribution in [-0.2, 0) is 4.79 Å². The minimum absolute atomic E-state index is 0.0120. The molecule has 1 amide bonds. The van der Waals surface area contributed by atoms with Crippen LogP contribution in [0.4, 0.5) is 5.69 Å². The Bertz CT molecular complexity index is 602. The van der Waals surface area contributed by atoms with Gasteiger partial charge in [0.05, 0.1) is 5.69 Å². The molecule has 0 saturated heterocycles. The molecule has 6 heteroatoms. The molecule has 0 aromatic heterocycles. The number of amides is 1. The Morgan fingerprint density at radius 1 is 1.43 bits per heavy atom. The highest BCUT2D eigenvalue weighted by atomic mass is 16.5. The molecule has 6 nitrogen and oxygen atoms in total. The molecule has 1 heterocycles. The van der Waals surface area contributed by atoms with Crippen molar-refractivity contribution in [3.8, 4) is 5.75 Å². The minimum atomic E-state index is 0.0120. The number of hydrogen-bond acceptors (Lipinski definition) is 3. The summed E-state index contributed by atoms with van der Waals surface area (Å²) in [5.74, 6) is 2.36. The summed E-state index contributed by atoms with van der Waals surface area (Å²) in [4.78, 5) is 18.1. The molecule has 2 atom stereocenters. The molecular formula is C17H24N4O2. The van der Waals surface area contributed by atoms with Crippen LogP contribution in [0.1, 0.15) is 19.8 Å². The Balaban J connectivity index is 1.47. The van der Waals surface area contributed by atoms with E-state index in [0.29, 0.717) is 12.6 Å². The van der Waals surface area contributed by atoms with Gasteiger partial charge in [-0.3, -0.25) is 9.79 Å². The van der Waals surface area contributed by atoms with Gasteiger partial charge < -0.3 is 20.3 Å². The maximum absolute atomic E-state index is 12.1. The number of carbonyl (C=O) groups is 1. The lowest BCUT2D eigenvalue weighted by Crippen LogP contribution is -2.42. The second-order valence-electron chi connectivity index (χ2n) is 6.12. The monoisotopic (exact) mass is 316 g/mol. The molecule has 1 saturated carbocycles. The molecule has 0 bridgehead atoms. The van der Waals surface area contributed by atoms with Gasteiger partial charge in [0, 0.05) is 26.2 Å². The lowest BCUT2D eigenvalue weighted by molar-refractivity contribution is -0.121. The third-order valence-electron chi connectivity index (χ3n) is 4.31. The van der Waals surface area contributed by atoms with E-state index < -0.39 is 0 Å². The number of carbonyl (C=O) groups excluding carboxylic acids is 1. The van der Waals surface area contributed by atoms with Crippen molar-refractivity contribution in [2.75, 3.05) is 31.6 Å². The van der Waals surface area contributed by atoms with Crippen LogP contribution in [0.3, 0.4) is 0 Å². The second kappa shape index (κ2) is 6.89. The van der Waals surface area contributed by atoms with Crippen LogP contribution in [0.15, 0.2) is 29.3 Å². The minimum Gasteiger partial charge on any atom is -0.482 e. The van der Waals surface area contributed by atoms with Crippen molar-refractivity contribution in [1.29, 1.82) is 0 Å². The molecule has 3 rings (SSSR count). The van der Waals surface area contributed by atoms with Crippen LogP contribution in [0, 0.1) is 5.92 Å². The van der Waals surface area contributed by atoms with E-state index in [2.05, 4.69) is 22.5 Å². The van der Waals surface area contributed by atoms with Crippen molar-refractivity contribution < 1.29 is 9.53 Å². The molecule has 0 spiro atoms. The molecule has 2 N–H and O–H groups in total. The summed E-state index contributed by atoms with van der Waals surface area (Å²) < 4.78 is 5.45. The van der Waals surface area contributed by atoms with E-state index >= 15 is 0 Å². The summed E-state index contributed by atoms with van der Waals surface area (Å²) in [5, 5.41) is 6.70. The molecule has 124 valence electrons. The van der Waals surface area contributed by atoms with Gasteiger partial charge in [0.2, 0.25) is 0 Å². The Morgan fingerprint density at radius 2 is 2.22 bits per heavy atom. The Kier molecular flexibility index (Phi) is 4.69. The fraction of sp³-hybridized carbons (Fsp3) is 0.529. The summed E-state index contributed by atoms with van der Waals surface area (Å²) in [6.45, 7) is 3.79. The van der Waals surface area contributed by atoms with E-state index in [1.807, 2.05) is 24.3 Å². The van der Waals surface area contributed by atoms with Crippen LogP contribution in [0.5, 0.6) is 5.75 Å². The van der Waals surface area contributed by atoms with Gasteiger partial charge in [-0.1, -0.05) is 19.1 Å². The third kappa shape index (κ3) is 3.75. The van der Waals surface area contributed by atoms with Gasteiger partial charge in [0.1, 0.15) is 5.75 Å². The van der Waals surface area contributed by atoms with E-state index in [-0.39, 0.29) is 12.5 Å². The number of fused-ring (bicyclic) bond motifs is 1. The van der Waals surface area contributed by atoms with Crippen LogP contribution in [-0.4, -0.2) is 44.7 Å². The molecule has 0 radical (unpaired) electrons. The number of rotatable bonds is 5. The average molecular weight is 316 g/mol. The number of anilines is 1. The van der Waals surface area contributed by atoms with Crippen molar-refractivity contribution >= 4 is 17.6 Å². The Morgan fingerprint density at radius 3 is 2.96 bits per heavy atom. The van der Waals surface area contributed by atoms with E-state index in [1.165, 1.54) is 6.42 Å². The highest BCUT2D eigenvalue weighted by molar-refractivity contribution is 5.97. The number of aliphatic imine (C=N–C) groups is 1. The molecular weight excluding hydrogens is 292 g/mol. The van der Waals surface area contributed by atoms with Gasteiger partial charge in [-0.25, -0.2) is 0 Å². The fourth-order valence-corrected chi connectivity index (χ4v) is 2.74. The van der Waals surface area contributed by atoms with Crippen molar-refractivity contribution in [1.82, 2.24) is 10.6 Å². The maximum Gasteiger partial charge on any atom is 0.265 e. The van der Waals surface area contributed by atoms with Gasteiger partial charge >= 0.3 is 0 Å². The normalized spacial score (nSPS) is 23.1. The van der Waals surface area contributed by atoms with Crippen molar-refractivity contribution in [3.63, 3.8) is 0 Å². The molecule has 1 aliphatic carbocycles. The zero-order chi connectivity index (χ0) is 16.2. The van der Waals surface area contributed by atoms with Crippen LogP contribution in [0.2, 0.25) is 0 Å². The first-order valence-corrected chi connectivity index (χ1v) is 8.18. The Hall–Kier alpha value is -2.24. The smallest absolute Gasteiger partial charge is 0.265 e. The summed E-state index contributed by atoms with van der Waals surface area (Å²) >= 11 is 0. The zero-order valence-electron chi connectivity index (χ0n) is 13.7. The first-order chi connectivity index (χ1) is 11.2. The average Bonchev–Trinajstić information content (AvgIpc) is 3.26. The summed E-state index contributed by atoms with van der Waals surface area (Å²) in [6, 6.07) is 8.22. The second-order valence-corrected chi connectivity index (χ2v) is 6.12. The highest BCUT2D eigenvalue weighted by Gasteiger charge is 2.33. The standard InChI is InChI=1S/C17H24N4O2/c1-12-10-13(12)20-17(18-2)19-8-5-9-21-14-6-3-4-7-15(14)23-11-16(21)22/h3-4,6-7,12-13H,5,8-11H2,1-2H3,(H2,18,19,20). The van der Waals surface area contributed by atoms with Crippen LogP contribution >= 0.6 is 0 Å². The van der Waals surface area contributed by atoms with E-state index in [1.54, 1.807) is 11.9 Å². The van der Waals surface area contributed by atoms with Gasteiger partial charge in [-0.2, -0.15) is 0 Å². The summed E-state index contributed by atoms with van der Waals surface area (Å²) in [6.07, 6.45) is 2.06. The fourth-order valence-electron chi connectivity index (χ4n) is 2.74. The third-order valence-corrected chi connectivity index (χ3v) is 4.31. The summed E-state index contributed by atoms with van der Waals surface area (Å²) in [5.41, 5.74) is 0.859. The first kappa shape index (κ1) is 15.6. The van der Waals surface area contributed by atoms with Gasteiger partial charge in [-0.15, -0.1) is 0 Å². The topological polar surface area (TPSA) is 66.0 Å². The van der Waals surface area contributed by atoms with E-state index in [0.717, 1.165) is 36.3 Å².